The lowest BCUT2D eigenvalue weighted by atomic mass is 10.0. The Morgan fingerprint density at radius 2 is 2.10 bits per heavy atom. The standard InChI is InChI=1S/C8H11NO/c1-6-9-7-4-2-3-5-8(7)10-6/h2-5H2,1H3. The Morgan fingerprint density at radius 3 is 2.90 bits per heavy atom. The molecular weight excluding hydrogens is 126 g/mol. The summed E-state index contributed by atoms with van der Waals surface area (Å²) in [7, 11) is 0. The summed E-state index contributed by atoms with van der Waals surface area (Å²) in [6, 6.07) is 0. The smallest absolute Gasteiger partial charge is 0.191 e. The number of hydrogen-bond donors (Lipinski definition) is 0. The van der Waals surface area contributed by atoms with Crippen LogP contribution in [0.1, 0.15) is 30.2 Å². The van der Waals surface area contributed by atoms with Gasteiger partial charge in [-0.3, -0.25) is 0 Å². The lowest BCUT2D eigenvalue weighted by Gasteiger charge is -2.05. The van der Waals surface area contributed by atoms with E-state index in [9.17, 15) is 0 Å². The van der Waals surface area contributed by atoms with Crippen molar-refractivity contribution < 1.29 is 4.42 Å². The number of aryl methyl sites for hydroxylation is 3. The van der Waals surface area contributed by atoms with E-state index < -0.39 is 0 Å². The molecule has 0 amide bonds. The monoisotopic (exact) mass is 137 g/mol. The van der Waals surface area contributed by atoms with E-state index in [1.165, 1.54) is 18.5 Å². The molecule has 2 nitrogen and oxygen atoms in total. The fraction of sp³-hybridized carbons (Fsp3) is 0.625. The Morgan fingerprint density at radius 1 is 1.30 bits per heavy atom. The van der Waals surface area contributed by atoms with Gasteiger partial charge in [0.15, 0.2) is 5.89 Å². The number of oxazole rings is 1. The Labute approximate surface area is 60.3 Å². The Balaban J connectivity index is 2.41. The van der Waals surface area contributed by atoms with E-state index in [4.69, 9.17) is 4.42 Å². The summed E-state index contributed by atoms with van der Waals surface area (Å²) in [5.41, 5.74) is 1.20. The van der Waals surface area contributed by atoms with Crippen LogP contribution in [0.2, 0.25) is 0 Å². The predicted octanol–water partition coefficient (Wildman–Crippen LogP) is 1.86. The first-order valence-corrected chi connectivity index (χ1v) is 3.81. The summed E-state index contributed by atoms with van der Waals surface area (Å²) in [6.45, 7) is 1.92. The second kappa shape index (κ2) is 2.11. The van der Waals surface area contributed by atoms with Crippen LogP contribution in [0.5, 0.6) is 0 Å². The van der Waals surface area contributed by atoms with Gasteiger partial charge in [0.05, 0.1) is 5.69 Å². The van der Waals surface area contributed by atoms with Gasteiger partial charge in [0.2, 0.25) is 0 Å². The molecule has 2 heteroatoms. The third kappa shape index (κ3) is 0.838. The molecule has 0 bridgehead atoms. The maximum Gasteiger partial charge on any atom is 0.191 e. The summed E-state index contributed by atoms with van der Waals surface area (Å²) in [5, 5.41) is 0. The largest absolute Gasteiger partial charge is 0.446 e. The number of fused-ring (bicyclic) bond motifs is 1. The van der Waals surface area contributed by atoms with Crippen molar-refractivity contribution in [3.63, 3.8) is 0 Å². The minimum atomic E-state index is 0.826. The average molecular weight is 137 g/mol. The first-order chi connectivity index (χ1) is 4.86. The van der Waals surface area contributed by atoms with E-state index >= 15 is 0 Å². The first kappa shape index (κ1) is 5.96. The molecule has 0 aliphatic heterocycles. The molecule has 0 saturated heterocycles. The van der Waals surface area contributed by atoms with E-state index in [1.807, 2.05) is 6.92 Å². The highest BCUT2D eigenvalue weighted by atomic mass is 16.4. The van der Waals surface area contributed by atoms with E-state index in [-0.39, 0.29) is 0 Å². The molecule has 0 spiro atoms. The van der Waals surface area contributed by atoms with Crippen molar-refractivity contribution in [2.45, 2.75) is 32.6 Å². The Bertz CT molecular complexity index is 216. The van der Waals surface area contributed by atoms with Gasteiger partial charge in [-0.2, -0.15) is 0 Å². The molecule has 0 N–H and O–H groups in total. The third-order valence-corrected chi connectivity index (χ3v) is 1.95. The van der Waals surface area contributed by atoms with Crippen molar-refractivity contribution in [2.24, 2.45) is 0 Å². The van der Waals surface area contributed by atoms with Gasteiger partial charge >= 0.3 is 0 Å². The summed E-state index contributed by atoms with van der Waals surface area (Å²) in [5.74, 6) is 1.95. The van der Waals surface area contributed by atoms with E-state index in [1.54, 1.807) is 0 Å². The zero-order chi connectivity index (χ0) is 6.97. The summed E-state index contributed by atoms with van der Waals surface area (Å²) in [4.78, 5) is 4.28. The minimum absolute atomic E-state index is 0.826. The van der Waals surface area contributed by atoms with Gasteiger partial charge in [0.25, 0.3) is 0 Å². The number of rotatable bonds is 0. The predicted molar refractivity (Wildman–Crippen MR) is 37.9 cm³/mol. The van der Waals surface area contributed by atoms with Crippen LogP contribution in [0.25, 0.3) is 0 Å². The zero-order valence-electron chi connectivity index (χ0n) is 6.18. The molecule has 1 heterocycles. The molecule has 1 aromatic heterocycles. The topological polar surface area (TPSA) is 26.0 Å². The van der Waals surface area contributed by atoms with Gasteiger partial charge in [-0.1, -0.05) is 0 Å². The summed E-state index contributed by atoms with van der Waals surface area (Å²) < 4.78 is 5.39. The number of hydrogen-bond acceptors (Lipinski definition) is 2. The molecule has 54 valence electrons. The molecule has 0 saturated carbocycles. The Hall–Kier alpha value is -0.790. The lowest BCUT2D eigenvalue weighted by molar-refractivity contribution is 0.455. The summed E-state index contributed by atoms with van der Waals surface area (Å²) >= 11 is 0. The van der Waals surface area contributed by atoms with Crippen molar-refractivity contribution in [1.82, 2.24) is 4.98 Å². The van der Waals surface area contributed by atoms with Crippen LogP contribution in [0.15, 0.2) is 4.42 Å². The van der Waals surface area contributed by atoms with Crippen LogP contribution >= 0.6 is 0 Å². The van der Waals surface area contributed by atoms with Crippen molar-refractivity contribution >= 4 is 0 Å². The van der Waals surface area contributed by atoms with Gasteiger partial charge in [-0.25, -0.2) is 4.98 Å². The maximum absolute atomic E-state index is 5.39. The quantitative estimate of drug-likeness (QED) is 0.545. The van der Waals surface area contributed by atoms with Gasteiger partial charge in [0.1, 0.15) is 5.76 Å². The molecule has 0 aromatic carbocycles. The van der Waals surface area contributed by atoms with Crippen LogP contribution in [-0.2, 0) is 12.8 Å². The van der Waals surface area contributed by atoms with Gasteiger partial charge in [0, 0.05) is 13.3 Å². The second-order valence-electron chi connectivity index (χ2n) is 2.81. The molecule has 1 aromatic rings. The van der Waals surface area contributed by atoms with Crippen molar-refractivity contribution in [3.05, 3.63) is 17.3 Å². The van der Waals surface area contributed by atoms with Crippen LogP contribution in [0.3, 0.4) is 0 Å². The van der Waals surface area contributed by atoms with Crippen LogP contribution < -0.4 is 0 Å². The summed E-state index contributed by atoms with van der Waals surface area (Å²) in [6.07, 6.45) is 4.75. The normalized spacial score (nSPS) is 16.9. The SMILES string of the molecule is Cc1nc2c(o1)CCCC2. The maximum atomic E-state index is 5.39. The average Bonchev–Trinajstić information content (AvgIpc) is 2.27. The van der Waals surface area contributed by atoms with Gasteiger partial charge < -0.3 is 4.42 Å². The van der Waals surface area contributed by atoms with Crippen molar-refractivity contribution in [2.75, 3.05) is 0 Å². The number of nitrogens with zero attached hydrogens (tertiary/aromatic N) is 1. The molecule has 0 atom stereocenters. The van der Waals surface area contributed by atoms with E-state index in [0.29, 0.717) is 0 Å². The van der Waals surface area contributed by atoms with Crippen molar-refractivity contribution in [1.29, 1.82) is 0 Å². The van der Waals surface area contributed by atoms with Crippen LogP contribution in [0, 0.1) is 6.92 Å². The second-order valence-corrected chi connectivity index (χ2v) is 2.81. The molecule has 1 aliphatic carbocycles. The molecule has 0 fully saturated rings. The minimum Gasteiger partial charge on any atom is -0.446 e. The Kier molecular flexibility index (Phi) is 1.26. The highest BCUT2D eigenvalue weighted by Gasteiger charge is 2.14. The van der Waals surface area contributed by atoms with E-state index in [0.717, 1.165) is 24.5 Å². The molecule has 2 rings (SSSR count). The van der Waals surface area contributed by atoms with Crippen molar-refractivity contribution in [3.8, 4) is 0 Å². The van der Waals surface area contributed by atoms with Gasteiger partial charge in [-0.05, 0) is 19.3 Å². The molecule has 1 aliphatic rings. The molecule has 0 unspecified atom stereocenters. The van der Waals surface area contributed by atoms with E-state index in [2.05, 4.69) is 4.98 Å². The highest BCUT2D eigenvalue weighted by molar-refractivity contribution is 5.12. The molecule has 0 radical (unpaired) electrons. The zero-order valence-corrected chi connectivity index (χ0v) is 6.18. The van der Waals surface area contributed by atoms with Crippen LogP contribution in [0.4, 0.5) is 0 Å². The third-order valence-electron chi connectivity index (χ3n) is 1.95. The molecule has 10 heavy (non-hydrogen) atoms. The number of aromatic nitrogens is 1. The first-order valence-electron chi connectivity index (χ1n) is 3.81. The van der Waals surface area contributed by atoms with Crippen LogP contribution in [-0.4, -0.2) is 4.98 Å². The highest BCUT2D eigenvalue weighted by Crippen LogP contribution is 2.20. The fourth-order valence-electron chi connectivity index (χ4n) is 1.48. The fourth-order valence-corrected chi connectivity index (χ4v) is 1.48. The van der Waals surface area contributed by atoms with Gasteiger partial charge in [-0.15, -0.1) is 0 Å². The molecular formula is C8H11NO. The lowest BCUT2D eigenvalue weighted by Crippen LogP contribution is -1.99.